The van der Waals surface area contributed by atoms with Gasteiger partial charge in [0.1, 0.15) is 6.04 Å². The van der Waals surface area contributed by atoms with Gasteiger partial charge in [-0.3, -0.25) is 14.9 Å². The molecule has 1 saturated heterocycles. The molecule has 0 spiro atoms. The number of rotatable bonds is 4. The van der Waals surface area contributed by atoms with E-state index in [0.717, 1.165) is 11.3 Å². The lowest BCUT2D eigenvalue weighted by atomic mass is 9.84. The number of nitrogens with one attached hydrogen (secondary N) is 3. The van der Waals surface area contributed by atoms with Crippen molar-refractivity contribution in [2.75, 3.05) is 5.75 Å². The predicted molar refractivity (Wildman–Crippen MR) is 112 cm³/mol. The topological polar surface area (TPSA) is 112 Å². The second-order valence-corrected chi connectivity index (χ2v) is 8.43. The molecule has 2 aliphatic heterocycles. The van der Waals surface area contributed by atoms with Gasteiger partial charge in [0.05, 0.1) is 12.1 Å². The first-order chi connectivity index (χ1) is 14.1. The zero-order valence-corrected chi connectivity index (χ0v) is 16.8. The third kappa shape index (κ3) is 4.84. The summed E-state index contributed by atoms with van der Waals surface area (Å²) in [5.74, 6) is 0.379. The second kappa shape index (κ2) is 8.77. The van der Waals surface area contributed by atoms with Crippen molar-refractivity contribution in [3.05, 3.63) is 35.4 Å². The number of urea groups is 1. The molecule has 1 saturated carbocycles. The van der Waals surface area contributed by atoms with Gasteiger partial charge in [-0.2, -0.15) is 5.10 Å². The monoisotopic (exact) mass is 413 g/mol. The van der Waals surface area contributed by atoms with E-state index in [2.05, 4.69) is 50.4 Å². The van der Waals surface area contributed by atoms with Gasteiger partial charge in [-0.05, 0) is 29.9 Å². The molecule has 1 atom stereocenters. The Bertz CT molecular complexity index is 875. The van der Waals surface area contributed by atoms with Gasteiger partial charge in [-0.15, -0.1) is 5.10 Å². The Balaban J connectivity index is 1.33. The molecule has 4 amide bonds. The molecule has 29 heavy (non-hydrogen) atoms. The van der Waals surface area contributed by atoms with E-state index in [1.807, 2.05) is 0 Å². The minimum Gasteiger partial charge on any atom is -0.325 e. The Morgan fingerprint density at radius 1 is 1.10 bits per heavy atom. The summed E-state index contributed by atoms with van der Waals surface area (Å²) in [6, 6.07) is 7.16. The van der Waals surface area contributed by atoms with Crippen molar-refractivity contribution in [2.45, 2.75) is 50.5 Å². The second-order valence-electron chi connectivity index (χ2n) is 7.47. The number of carbonyl (C=O) groups is 3. The molecule has 1 aromatic carbocycles. The van der Waals surface area contributed by atoms with E-state index in [-0.39, 0.29) is 6.42 Å². The van der Waals surface area contributed by atoms with Crippen LogP contribution in [-0.4, -0.2) is 40.5 Å². The molecule has 8 nitrogen and oxygen atoms in total. The van der Waals surface area contributed by atoms with Crippen LogP contribution < -0.4 is 16.0 Å². The van der Waals surface area contributed by atoms with E-state index in [1.54, 1.807) is 0 Å². The fraction of sp³-hybridized carbons (Fsp3) is 0.450. The highest BCUT2D eigenvalue weighted by Crippen LogP contribution is 2.32. The molecule has 4 rings (SSSR count). The van der Waals surface area contributed by atoms with E-state index in [0.29, 0.717) is 16.8 Å². The van der Waals surface area contributed by atoms with Crippen LogP contribution in [0, 0.1) is 0 Å². The van der Waals surface area contributed by atoms with Crippen LogP contribution in [0.5, 0.6) is 0 Å². The summed E-state index contributed by atoms with van der Waals surface area (Å²) in [7, 11) is 0. The van der Waals surface area contributed by atoms with E-state index < -0.39 is 23.9 Å². The Labute approximate surface area is 173 Å². The molecule has 0 bridgehead atoms. The van der Waals surface area contributed by atoms with Crippen molar-refractivity contribution in [3.63, 3.8) is 0 Å². The third-order valence-electron chi connectivity index (χ3n) is 5.42. The average molecular weight is 414 g/mol. The van der Waals surface area contributed by atoms with Gasteiger partial charge in [0.2, 0.25) is 5.91 Å². The highest BCUT2D eigenvalue weighted by molar-refractivity contribution is 8.14. The quantitative estimate of drug-likeness (QED) is 0.657. The Morgan fingerprint density at radius 3 is 2.48 bits per heavy atom. The van der Waals surface area contributed by atoms with Gasteiger partial charge in [-0.25, -0.2) is 4.79 Å². The van der Waals surface area contributed by atoms with E-state index in [4.69, 9.17) is 0 Å². The number of hydrogen-bond donors (Lipinski definition) is 3. The van der Waals surface area contributed by atoms with Crippen molar-refractivity contribution in [1.29, 1.82) is 0 Å². The Hall–Kier alpha value is -2.68. The first-order valence-electron chi connectivity index (χ1n) is 9.87. The summed E-state index contributed by atoms with van der Waals surface area (Å²) in [6.07, 6.45) is 6.39. The highest BCUT2D eigenvalue weighted by atomic mass is 32.2. The molecule has 3 aliphatic rings. The van der Waals surface area contributed by atoms with Crippen LogP contribution in [0.3, 0.4) is 0 Å². The number of carbonyl (C=O) groups excluding carboxylic acids is 3. The number of benzene rings is 1. The summed E-state index contributed by atoms with van der Waals surface area (Å²) in [5, 5.41) is 15.9. The summed E-state index contributed by atoms with van der Waals surface area (Å²) in [5.41, 5.74) is 3.30. The molecular weight excluding hydrogens is 390 g/mol. The largest absolute Gasteiger partial charge is 0.325 e. The maximum absolute atomic E-state index is 12.1. The summed E-state index contributed by atoms with van der Waals surface area (Å²) in [6.45, 7) is 0. The van der Waals surface area contributed by atoms with E-state index in [9.17, 15) is 14.4 Å². The molecule has 2 heterocycles. The molecule has 1 unspecified atom stereocenters. The van der Waals surface area contributed by atoms with Crippen LogP contribution in [0.4, 0.5) is 4.79 Å². The number of imide groups is 1. The standard InChI is InChI=1S/C20H23N5O3S/c26-17(10-15-18(27)23-19(28)21-15)22-20-25-24-16(11-29-20)14-8-6-13(7-9-14)12-4-2-1-3-5-12/h6-9,12,15H,1-5,10-11H2,(H,22,25,26)(H2,21,23,27,28). The molecular formula is C20H23N5O3S. The Kier molecular flexibility index (Phi) is 5.94. The van der Waals surface area contributed by atoms with Gasteiger partial charge in [0.25, 0.3) is 5.91 Å². The lowest BCUT2D eigenvalue weighted by molar-refractivity contribution is -0.125. The van der Waals surface area contributed by atoms with Gasteiger partial charge >= 0.3 is 6.03 Å². The van der Waals surface area contributed by atoms with E-state index in [1.165, 1.54) is 49.4 Å². The van der Waals surface area contributed by atoms with Crippen molar-refractivity contribution in [1.82, 2.24) is 16.0 Å². The molecule has 3 N–H and O–H groups in total. The predicted octanol–water partition coefficient (Wildman–Crippen LogP) is 2.26. The van der Waals surface area contributed by atoms with Crippen LogP contribution in [0.15, 0.2) is 34.5 Å². The van der Waals surface area contributed by atoms with Crippen LogP contribution in [-0.2, 0) is 9.59 Å². The SMILES string of the molecule is O=C(CC1NC(=O)NC1=O)NC1=NN=C(c2ccc(C3CCCCC3)cc2)CS1. The van der Waals surface area contributed by atoms with Crippen LogP contribution in [0.25, 0.3) is 0 Å². The number of nitrogens with zero attached hydrogens (tertiary/aromatic N) is 2. The van der Waals surface area contributed by atoms with Crippen molar-refractivity contribution in [3.8, 4) is 0 Å². The summed E-state index contributed by atoms with van der Waals surface area (Å²) in [4.78, 5) is 34.7. The first kappa shape index (κ1) is 19.6. The van der Waals surface area contributed by atoms with Gasteiger partial charge in [-0.1, -0.05) is 55.3 Å². The summed E-state index contributed by atoms with van der Waals surface area (Å²) >= 11 is 1.39. The fourth-order valence-electron chi connectivity index (χ4n) is 3.84. The average Bonchev–Trinajstić information content (AvgIpc) is 3.06. The van der Waals surface area contributed by atoms with Gasteiger partial charge in [0.15, 0.2) is 5.17 Å². The van der Waals surface area contributed by atoms with Crippen LogP contribution in [0.2, 0.25) is 0 Å². The lowest BCUT2D eigenvalue weighted by Crippen LogP contribution is -2.38. The van der Waals surface area contributed by atoms with Crippen molar-refractivity contribution >= 4 is 40.5 Å². The smallest absolute Gasteiger partial charge is 0.322 e. The maximum atomic E-state index is 12.1. The van der Waals surface area contributed by atoms with Crippen molar-refractivity contribution in [2.24, 2.45) is 10.2 Å². The normalized spacial score (nSPS) is 22.4. The van der Waals surface area contributed by atoms with E-state index >= 15 is 0 Å². The van der Waals surface area contributed by atoms with Crippen LogP contribution >= 0.6 is 11.8 Å². The number of amides is 4. The molecule has 9 heteroatoms. The zero-order valence-electron chi connectivity index (χ0n) is 15.9. The van der Waals surface area contributed by atoms with Crippen molar-refractivity contribution < 1.29 is 14.4 Å². The first-order valence-corrected chi connectivity index (χ1v) is 10.9. The number of hydrogen-bond acceptors (Lipinski definition) is 6. The molecule has 2 fully saturated rings. The fourth-order valence-corrected chi connectivity index (χ4v) is 4.63. The molecule has 0 aromatic heterocycles. The minimum absolute atomic E-state index is 0.143. The van der Waals surface area contributed by atoms with Crippen LogP contribution in [0.1, 0.15) is 55.6 Å². The zero-order chi connectivity index (χ0) is 20.2. The molecule has 1 aromatic rings. The number of amidine groups is 1. The van der Waals surface area contributed by atoms with Gasteiger partial charge in [0, 0.05) is 5.75 Å². The summed E-state index contributed by atoms with van der Waals surface area (Å²) < 4.78 is 0. The van der Waals surface area contributed by atoms with Gasteiger partial charge < -0.3 is 10.6 Å². The third-order valence-corrected chi connectivity index (χ3v) is 6.30. The molecule has 152 valence electrons. The highest BCUT2D eigenvalue weighted by Gasteiger charge is 2.31. The minimum atomic E-state index is -0.849. The maximum Gasteiger partial charge on any atom is 0.322 e. The Morgan fingerprint density at radius 2 is 1.86 bits per heavy atom. The molecule has 1 aliphatic carbocycles. The molecule has 0 radical (unpaired) electrons. The number of thioether (sulfide) groups is 1. The lowest BCUT2D eigenvalue weighted by Gasteiger charge is -2.22.